The van der Waals surface area contributed by atoms with E-state index in [2.05, 4.69) is 31.1 Å². The van der Waals surface area contributed by atoms with Gasteiger partial charge >= 0.3 is 0 Å². The number of phenols is 3. The fourth-order valence-corrected chi connectivity index (χ4v) is 22.8. The molecule has 3 aromatic carbocycles. The molecule has 1 aromatic heterocycles. The molecule has 5 heterocycles. The normalized spacial score (nSPS) is 32.2. The largest absolute Gasteiger partial charge is 0.670 e. The molecule has 5 aliphatic carbocycles. The number of ether oxygens (including phenoxy) is 4. The van der Waals surface area contributed by atoms with Crippen molar-refractivity contribution in [2.24, 2.45) is 17.8 Å². The van der Waals surface area contributed by atoms with Crippen molar-refractivity contribution in [2.75, 3.05) is 39.3 Å². The zero-order valence-corrected chi connectivity index (χ0v) is 43.3. The molecule has 15 heteroatoms. The Kier molecular flexibility index (Phi) is 12.2. The van der Waals surface area contributed by atoms with Gasteiger partial charge in [-0.15, -0.1) is 0 Å². The predicted octanol–water partition coefficient (Wildman–Crippen LogP) is 11.0. The summed E-state index contributed by atoms with van der Waals surface area (Å²) in [4.78, 5) is 4.66. The van der Waals surface area contributed by atoms with Gasteiger partial charge < -0.3 is 54.6 Å². The first-order valence-corrected chi connectivity index (χ1v) is 29.9. The number of benzene rings is 3. The summed E-state index contributed by atoms with van der Waals surface area (Å²) in [6.07, 6.45) is 13.5. The van der Waals surface area contributed by atoms with E-state index in [1.54, 1.807) is 17.7 Å². The minimum Gasteiger partial charge on any atom is -0.670 e. The van der Waals surface area contributed by atoms with Gasteiger partial charge in [0.05, 0.1) is 26.9 Å². The van der Waals surface area contributed by atoms with Crippen LogP contribution in [0.4, 0.5) is 0 Å². The summed E-state index contributed by atoms with van der Waals surface area (Å²) >= 11 is 0. The molecule has 2 saturated heterocycles. The predicted molar refractivity (Wildman–Crippen MR) is 279 cm³/mol. The van der Waals surface area contributed by atoms with Gasteiger partial charge in [-0.2, -0.15) is 12.4 Å². The van der Waals surface area contributed by atoms with Crippen LogP contribution >= 0.6 is 43.2 Å². The van der Waals surface area contributed by atoms with Gasteiger partial charge in [-0.05, 0) is 139 Å². The molecular formula is C55H64NO10S4-. The molecule has 4 aromatic rings. The van der Waals surface area contributed by atoms with Gasteiger partial charge in [0.1, 0.15) is 30.0 Å². The molecule has 10 bridgehead atoms. The second kappa shape index (κ2) is 17.9. The number of hydrogen-bond acceptors (Lipinski definition) is 14. The fourth-order valence-electron chi connectivity index (χ4n) is 14.6. The van der Waals surface area contributed by atoms with Crippen molar-refractivity contribution in [2.45, 2.75) is 135 Å². The minimum atomic E-state index is -1.54. The first-order chi connectivity index (χ1) is 33.9. The van der Waals surface area contributed by atoms with Gasteiger partial charge in [-0.3, -0.25) is 0 Å². The lowest BCUT2D eigenvalue weighted by Crippen LogP contribution is -2.61. The highest BCUT2D eigenvalue weighted by Crippen LogP contribution is 2.74. The molecule has 9 atom stereocenters. The quantitative estimate of drug-likeness (QED) is 0.0783. The third kappa shape index (κ3) is 7.03. The number of aliphatic hydroxyl groups is 3. The summed E-state index contributed by atoms with van der Waals surface area (Å²) in [7, 11) is 9.26. The Hall–Kier alpha value is -3.44. The number of aliphatic hydroxyl groups excluding tert-OH is 3. The number of nitrogens with zero attached hydrogens (tertiary/aromatic N) is 1. The van der Waals surface area contributed by atoms with Gasteiger partial charge in [0, 0.05) is 54.6 Å². The first-order valence-electron chi connectivity index (χ1n) is 25.4. The molecule has 13 rings (SSSR count). The van der Waals surface area contributed by atoms with Gasteiger partial charge in [0.25, 0.3) is 0 Å². The summed E-state index contributed by atoms with van der Waals surface area (Å²) in [5, 5.41) is 72.7. The maximum Gasteiger partial charge on any atom is 0.207 e. The van der Waals surface area contributed by atoms with E-state index in [1.165, 1.54) is 18.2 Å². The number of phenolic OH excluding ortho intramolecular Hbond substituents is 3. The summed E-state index contributed by atoms with van der Waals surface area (Å²) < 4.78 is 25.5. The molecule has 4 fully saturated rings. The summed E-state index contributed by atoms with van der Waals surface area (Å²) in [6, 6.07) is 11.4. The second-order valence-electron chi connectivity index (χ2n) is 21.8. The maximum atomic E-state index is 14.0. The standard InChI is InChI=1S/C55H64NO10S4/c1-29(2)10-18-64-41-24-38(48(60)50(63-3)49(41)61)55-15-14-54-13-8-30-21-37-36-23-33(59)6-7-34(36)43-39(65-19-17-57)25-40(66-55)44(47(54)51(55)62)46(43)52(37,27-58)28-67-69-53(11-4-5-12-53)45-35(31-9-16-56-26-31)20-32(30)22-42(45)68-70-54/h6-7,9,16,23-26,29-30,32,37,42,47,51,57-62H,4-5,8,10-15,17-22,27-28H2,1-3H3/q-1. The summed E-state index contributed by atoms with van der Waals surface area (Å²) in [5.74, 6) is 1.16. The van der Waals surface area contributed by atoms with E-state index >= 15 is 0 Å². The van der Waals surface area contributed by atoms with Crippen molar-refractivity contribution in [3.8, 4) is 51.4 Å². The van der Waals surface area contributed by atoms with Crippen LogP contribution < -0.4 is 23.9 Å². The van der Waals surface area contributed by atoms with Crippen LogP contribution in [0.3, 0.4) is 0 Å². The highest BCUT2D eigenvalue weighted by molar-refractivity contribution is 8.78. The number of methoxy groups -OCH3 is 1. The highest BCUT2D eigenvalue weighted by atomic mass is 33.1. The number of allylic oxidation sites excluding steroid dienone is 1. The Morgan fingerprint density at radius 3 is 2.49 bits per heavy atom. The Morgan fingerprint density at radius 2 is 1.73 bits per heavy atom. The summed E-state index contributed by atoms with van der Waals surface area (Å²) in [5.41, 5.74) is 6.54. The van der Waals surface area contributed by atoms with E-state index in [4.69, 9.17) is 18.9 Å². The lowest BCUT2D eigenvalue weighted by Gasteiger charge is -2.60. The Bertz CT molecular complexity index is 2720. The van der Waals surface area contributed by atoms with E-state index < -0.39 is 27.8 Å². The zero-order valence-electron chi connectivity index (χ0n) is 40.1. The van der Waals surface area contributed by atoms with Gasteiger partial charge in [0.15, 0.2) is 17.1 Å². The number of rotatable bonds is 11. The van der Waals surface area contributed by atoms with E-state index in [-0.39, 0.29) is 76.0 Å². The lowest BCUT2D eigenvalue weighted by atomic mass is 9.52. The molecule has 0 radical (unpaired) electrons. The van der Waals surface area contributed by atoms with Crippen molar-refractivity contribution < 1.29 is 49.6 Å². The van der Waals surface area contributed by atoms with Crippen LogP contribution in [-0.2, 0) is 11.0 Å². The molecule has 9 aliphatic rings. The van der Waals surface area contributed by atoms with E-state index in [1.807, 2.05) is 67.6 Å². The number of fused-ring (bicyclic) bond motifs is 7. The van der Waals surface area contributed by atoms with Crippen LogP contribution in [0, 0.1) is 17.8 Å². The van der Waals surface area contributed by atoms with Crippen LogP contribution in [0.5, 0.6) is 40.2 Å². The Balaban J connectivity index is 1.17. The third-order valence-electron chi connectivity index (χ3n) is 17.9. The maximum absolute atomic E-state index is 14.0. The minimum absolute atomic E-state index is 0.00343. The smallest absolute Gasteiger partial charge is 0.207 e. The topological polar surface area (TPSA) is 172 Å². The van der Waals surface area contributed by atoms with Gasteiger partial charge in [-0.1, -0.05) is 82.0 Å². The molecule has 374 valence electrons. The van der Waals surface area contributed by atoms with Crippen molar-refractivity contribution in [3.63, 3.8) is 0 Å². The SMILES string of the molecule is COc1c(O)c(OCCC(C)C)cc(C23CCC45CCC6CC7c8cc(O)ccc8-c8c(OCCO)cc(c(c8C7(CO)CSSC7(CCCC7)C7=C(c8cc[n-]c8)CC6CC7SS4)C5C2O)O3)c1O. The van der Waals surface area contributed by atoms with Crippen LogP contribution in [0.15, 0.2) is 54.4 Å². The molecule has 70 heavy (non-hydrogen) atoms. The van der Waals surface area contributed by atoms with Crippen LogP contribution in [0.25, 0.3) is 16.7 Å². The molecule has 9 unspecified atom stereocenters. The molecular weight excluding hydrogens is 963 g/mol. The average molecular weight is 1030 g/mol. The number of aromatic nitrogens is 1. The molecule has 4 aliphatic heterocycles. The average Bonchev–Trinajstić information content (AvgIpc) is 4.07. The van der Waals surface area contributed by atoms with Crippen molar-refractivity contribution in [1.29, 1.82) is 0 Å². The zero-order chi connectivity index (χ0) is 48.3. The molecule has 0 amide bonds. The molecule has 2 spiro atoms. The van der Waals surface area contributed by atoms with E-state index in [0.29, 0.717) is 48.5 Å². The number of hydrogen-bond donors (Lipinski definition) is 6. The van der Waals surface area contributed by atoms with Crippen molar-refractivity contribution in [1.82, 2.24) is 4.98 Å². The number of aromatic hydroxyl groups is 3. The lowest BCUT2D eigenvalue weighted by molar-refractivity contribution is -0.125. The monoisotopic (exact) mass is 1030 g/mol. The first kappa shape index (κ1) is 47.6. The highest BCUT2D eigenvalue weighted by Gasteiger charge is 2.67. The van der Waals surface area contributed by atoms with E-state index in [9.17, 15) is 30.6 Å². The molecule has 11 nitrogen and oxygen atoms in total. The second-order valence-corrected chi connectivity index (χ2v) is 27.3. The van der Waals surface area contributed by atoms with Crippen LogP contribution in [0.2, 0.25) is 0 Å². The van der Waals surface area contributed by atoms with Crippen LogP contribution in [-0.4, -0.2) is 90.8 Å². The fraction of sp³-hybridized carbons (Fsp3) is 0.564. The van der Waals surface area contributed by atoms with Crippen molar-refractivity contribution in [3.05, 3.63) is 82.2 Å². The van der Waals surface area contributed by atoms with Crippen molar-refractivity contribution >= 4 is 48.7 Å². The van der Waals surface area contributed by atoms with E-state index in [0.717, 1.165) is 92.0 Å². The Labute approximate surface area is 426 Å². The van der Waals surface area contributed by atoms with Gasteiger partial charge in [0.2, 0.25) is 11.5 Å². The summed E-state index contributed by atoms with van der Waals surface area (Å²) in [6.45, 7) is 4.10. The van der Waals surface area contributed by atoms with Gasteiger partial charge in [-0.25, -0.2) is 0 Å². The molecule has 6 N–H and O–H groups in total. The third-order valence-corrected chi connectivity index (χ3v) is 25.0. The Morgan fingerprint density at radius 1 is 0.900 bits per heavy atom. The van der Waals surface area contributed by atoms with Crippen LogP contribution in [0.1, 0.15) is 131 Å². The molecule has 2 saturated carbocycles.